The van der Waals surface area contributed by atoms with E-state index in [1.54, 1.807) is 54.5 Å². The van der Waals surface area contributed by atoms with Crippen molar-refractivity contribution < 1.29 is 23.8 Å². The first-order chi connectivity index (χ1) is 18.4. The lowest BCUT2D eigenvalue weighted by molar-refractivity contribution is -0.123. The molecular formula is C29H28N2O5S2. The molecule has 2 amide bonds. The molecule has 1 fully saturated rings. The molecule has 1 heterocycles. The van der Waals surface area contributed by atoms with Gasteiger partial charge in [0.25, 0.3) is 11.8 Å². The molecule has 0 radical (unpaired) electrons. The van der Waals surface area contributed by atoms with Gasteiger partial charge >= 0.3 is 0 Å². The highest BCUT2D eigenvalue weighted by molar-refractivity contribution is 8.26. The van der Waals surface area contributed by atoms with Crippen LogP contribution in [0.25, 0.3) is 6.08 Å². The maximum atomic E-state index is 13.2. The summed E-state index contributed by atoms with van der Waals surface area (Å²) in [5.41, 5.74) is 2.38. The van der Waals surface area contributed by atoms with Crippen LogP contribution in [0, 0.1) is 0 Å². The highest BCUT2D eigenvalue weighted by atomic mass is 32.2. The number of carbonyl (C=O) groups excluding carboxylic acids is 2. The van der Waals surface area contributed by atoms with Crippen molar-refractivity contribution >= 4 is 51.9 Å². The third kappa shape index (κ3) is 6.54. The van der Waals surface area contributed by atoms with Crippen LogP contribution in [-0.2, 0) is 9.59 Å². The molecule has 0 saturated carbocycles. The van der Waals surface area contributed by atoms with Crippen molar-refractivity contribution in [3.05, 3.63) is 88.8 Å². The monoisotopic (exact) mass is 548 g/mol. The number of nitrogens with one attached hydrogen (secondary N) is 1. The zero-order valence-electron chi connectivity index (χ0n) is 21.3. The minimum absolute atomic E-state index is 0.135. The van der Waals surface area contributed by atoms with Gasteiger partial charge in [0.1, 0.15) is 10.1 Å². The minimum atomic E-state index is -0.319. The third-order valence-corrected chi connectivity index (χ3v) is 7.10. The van der Waals surface area contributed by atoms with E-state index < -0.39 is 0 Å². The van der Waals surface area contributed by atoms with E-state index in [9.17, 15) is 9.59 Å². The molecule has 1 atom stereocenters. The molecule has 0 spiro atoms. The molecule has 3 aromatic rings. The Morgan fingerprint density at radius 1 is 1.05 bits per heavy atom. The number of nitrogens with zero attached hydrogens (tertiary/aromatic N) is 1. The van der Waals surface area contributed by atoms with Crippen LogP contribution in [0.2, 0.25) is 0 Å². The normalized spacial score (nSPS) is 14.9. The van der Waals surface area contributed by atoms with Crippen molar-refractivity contribution in [2.45, 2.75) is 19.9 Å². The topological polar surface area (TPSA) is 77.1 Å². The Morgan fingerprint density at radius 2 is 1.84 bits per heavy atom. The number of hydrogen-bond acceptors (Lipinski definition) is 7. The van der Waals surface area contributed by atoms with Crippen LogP contribution in [-0.4, -0.2) is 41.4 Å². The lowest BCUT2D eigenvalue weighted by atomic mass is 10.1. The Labute approximate surface area is 231 Å². The van der Waals surface area contributed by atoms with Crippen molar-refractivity contribution in [3.8, 4) is 17.2 Å². The van der Waals surface area contributed by atoms with Crippen molar-refractivity contribution in [2.24, 2.45) is 0 Å². The molecule has 0 aliphatic carbocycles. The zero-order valence-corrected chi connectivity index (χ0v) is 22.9. The molecule has 9 heteroatoms. The summed E-state index contributed by atoms with van der Waals surface area (Å²) < 4.78 is 17.2. The van der Waals surface area contributed by atoms with Gasteiger partial charge in [-0.25, -0.2) is 0 Å². The van der Waals surface area contributed by atoms with Crippen molar-refractivity contribution in [2.75, 3.05) is 25.6 Å². The van der Waals surface area contributed by atoms with E-state index in [2.05, 4.69) is 5.32 Å². The molecule has 7 nitrogen and oxygen atoms in total. The average molecular weight is 549 g/mol. The number of hydrogen-bond donors (Lipinski definition) is 1. The summed E-state index contributed by atoms with van der Waals surface area (Å²) >= 11 is 6.81. The van der Waals surface area contributed by atoms with E-state index in [0.717, 1.165) is 11.1 Å². The van der Waals surface area contributed by atoms with Crippen LogP contribution < -0.4 is 19.5 Å². The highest BCUT2D eigenvalue weighted by Crippen LogP contribution is 2.39. The number of rotatable bonds is 10. The Balaban J connectivity index is 1.45. The molecule has 0 aromatic heterocycles. The highest BCUT2D eigenvalue weighted by Gasteiger charge is 2.35. The fraction of sp³-hybridized carbons (Fsp3) is 0.207. The Bertz CT molecular complexity index is 1360. The molecular weight excluding hydrogens is 520 g/mol. The molecule has 1 aliphatic rings. The third-order valence-electron chi connectivity index (χ3n) is 5.77. The van der Waals surface area contributed by atoms with Gasteiger partial charge in [-0.15, -0.1) is 0 Å². The maximum Gasteiger partial charge on any atom is 0.266 e. The molecule has 1 saturated heterocycles. The molecule has 1 aliphatic heterocycles. The van der Waals surface area contributed by atoms with Gasteiger partial charge in [0.15, 0.2) is 18.1 Å². The Hall–Kier alpha value is -3.82. The zero-order chi connectivity index (χ0) is 27.1. The number of methoxy groups -OCH3 is 1. The second-order valence-electron chi connectivity index (χ2n) is 8.35. The first-order valence-corrected chi connectivity index (χ1v) is 13.3. The van der Waals surface area contributed by atoms with E-state index >= 15 is 0 Å². The lowest BCUT2D eigenvalue weighted by Crippen LogP contribution is -2.30. The van der Waals surface area contributed by atoms with Gasteiger partial charge in [-0.2, -0.15) is 0 Å². The molecule has 38 heavy (non-hydrogen) atoms. The van der Waals surface area contributed by atoms with Crippen molar-refractivity contribution in [1.82, 2.24) is 4.90 Å². The van der Waals surface area contributed by atoms with Crippen molar-refractivity contribution in [3.63, 3.8) is 0 Å². The van der Waals surface area contributed by atoms with Crippen LogP contribution in [0.3, 0.4) is 0 Å². The van der Waals surface area contributed by atoms with Gasteiger partial charge in [-0.3, -0.25) is 14.5 Å². The number of benzene rings is 3. The van der Waals surface area contributed by atoms with Crippen LogP contribution >= 0.6 is 24.0 Å². The molecule has 3 aromatic carbocycles. The second kappa shape index (κ2) is 12.6. The SMILES string of the molecule is CCOc1cc(/C=C2\SC(=S)N([C@@H](C)c3ccccc3)C2=O)ccc1OCC(=O)Nc1cccc(OC)c1. The number of anilines is 1. The lowest BCUT2D eigenvalue weighted by Gasteiger charge is -2.23. The summed E-state index contributed by atoms with van der Waals surface area (Å²) in [6.07, 6.45) is 1.79. The molecule has 0 bridgehead atoms. The quantitative estimate of drug-likeness (QED) is 0.243. The summed E-state index contributed by atoms with van der Waals surface area (Å²) in [7, 11) is 1.57. The van der Waals surface area contributed by atoms with Gasteiger partial charge in [0.2, 0.25) is 0 Å². The number of thioether (sulfide) groups is 1. The standard InChI is InChI=1S/C29H28N2O5S2/c1-4-35-25-15-20(13-14-24(25)36-18-27(32)30-22-11-8-12-23(17-22)34-3)16-26-28(33)31(29(37)38-26)19(2)21-9-6-5-7-10-21/h5-17,19H,4,18H2,1-3H3,(H,30,32)/b26-16-/t19-/m0/s1. The van der Waals surface area contributed by atoms with E-state index in [-0.39, 0.29) is 24.5 Å². The second-order valence-corrected chi connectivity index (χ2v) is 10.0. The summed E-state index contributed by atoms with van der Waals surface area (Å²) in [5, 5.41) is 2.78. The maximum absolute atomic E-state index is 13.2. The molecule has 0 unspecified atom stereocenters. The molecule has 4 rings (SSSR count). The predicted octanol–water partition coefficient (Wildman–Crippen LogP) is 6.07. The average Bonchev–Trinajstić information content (AvgIpc) is 3.20. The fourth-order valence-electron chi connectivity index (χ4n) is 3.89. The van der Waals surface area contributed by atoms with Gasteiger partial charge < -0.3 is 19.5 Å². The van der Waals surface area contributed by atoms with Crippen LogP contribution in [0.15, 0.2) is 77.7 Å². The number of thiocarbonyl (C=S) groups is 1. The van der Waals surface area contributed by atoms with Crippen LogP contribution in [0.1, 0.15) is 31.0 Å². The predicted molar refractivity (Wildman–Crippen MR) is 155 cm³/mol. The van der Waals surface area contributed by atoms with Crippen molar-refractivity contribution in [1.29, 1.82) is 0 Å². The van der Waals surface area contributed by atoms with Crippen LogP contribution in [0.4, 0.5) is 5.69 Å². The summed E-state index contributed by atoms with van der Waals surface area (Å²) in [5.74, 6) is 1.09. The smallest absolute Gasteiger partial charge is 0.266 e. The van der Waals surface area contributed by atoms with E-state index in [1.165, 1.54) is 11.8 Å². The van der Waals surface area contributed by atoms with Gasteiger partial charge in [-0.05, 0) is 55.3 Å². The Morgan fingerprint density at radius 3 is 2.58 bits per heavy atom. The number of carbonyl (C=O) groups is 2. The summed E-state index contributed by atoms with van der Waals surface area (Å²) in [6.45, 7) is 4.04. The first kappa shape index (κ1) is 27.2. The first-order valence-electron chi connectivity index (χ1n) is 12.0. The van der Waals surface area contributed by atoms with Gasteiger partial charge in [0.05, 0.1) is 24.7 Å². The van der Waals surface area contributed by atoms with Crippen LogP contribution in [0.5, 0.6) is 17.2 Å². The molecule has 196 valence electrons. The van der Waals surface area contributed by atoms with Gasteiger partial charge in [0, 0.05) is 11.8 Å². The van der Waals surface area contributed by atoms with Gasteiger partial charge in [-0.1, -0.05) is 66.4 Å². The number of ether oxygens (including phenoxy) is 3. The van der Waals surface area contributed by atoms with E-state index in [0.29, 0.717) is 38.8 Å². The molecule has 1 N–H and O–H groups in total. The summed E-state index contributed by atoms with van der Waals surface area (Å²) in [6, 6.07) is 22.0. The van der Waals surface area contributed by atoms with E-state index in [1.807, 2.05) is 50.2 Å². The summed E-state index contributed by atoms with van der Waals surface area (Å²) in [4.78, 5) is 27.8. The number of amides is 2. The largest absolute Gasteiger partial charge is 0.497 e. The van der Waals surface area contributed by atoms with E-state index in [4.69, 9.17) is 26.4 Å². The Kier molecular flexibility index (Phi) is 9.04. The fourth-order valence-corrected chi connectivity index (χ4v) is 5.31. The minimum Gasteiger partial charge on any atom is -0.497 e.